The highest BCUT2D eigenvalue weighted by atomic mass is 19.1. The van der Waals surface area contributed by atoms with Crippen molar-refractivity contribution in [1.29, 1.82) is 0 Å². The molecule has 0 aliphatic carbocycles. The third-order valence-corrected chi connectivity index (χ3v) is 5.19. The first-order valence-corrected chi connectivity index (χ1v) is 9.81. The third kappa shape index (κ3) is 4.17. The van der Waals surface area contributed by atoms with Crippen molar-refractivity contribution in [3.8, 4) is 0 Å². The molecule has 3 aromatic rings. The van der Waals surface area contributed by atoms with Crippen LogP contribution in [-0.2, 0) is 13.0 Å². The minimum atomic E-state index is -0.420. The van der Waals surface area contributed by atoms with Crippen LogP contribution in [0.15, 0.2) is 66.7 Å². The summed E-state index contributed by atoms with van der Waals surface area (Å²) in [5.41, 5.74) is 4.44. The summed E-state index contributed by atoms with van der Waals surface area (Å²) >= 11 is 0. The molecule has 0 bridgehead atoms. The molecule has 0 aromatic heterocycles. The summed E-state index contributed by atoms with van der Waals surface area (Å²) in [5, 5.41) is 5.40. The Labute approximate surface area is 174 Å². The summed E-state index contributed by atoms with van der Waals surface area (Å²) in [6, 6.07) is 19.2. The lowest BCUT2D eigenvalue weighted by Crippen LogP contribution is -2.29. The fourth-order valence-electron chi connectivity index (χ4n) is 3.51. The van der Waals surface area contributed by atoms with Gasteiger partial charge in [0.25, 0.3) is 5.91 Å². The van der Waals surface area contributed by atoms with Crippen molar-refractivity contribution >= 4 is 23.3 Å². The number of nitrogens with zero attached hydrogens (tertiary/aromatic N) is 1. The van der Waals surface area contributed by atoms with Gasteiger partial charge in [-0.2, -0.15) is 0 Å². The van der Waals surface area contributed by atoms with Crippen LogP contribution in [0.2, 0.25) is 0 Å². The zero-order valence-corrected chi connectivity index (χ0v) is 16.6. The fourth-order valence-corrected chi connectivity index (χ4v) is 3.51. The number of carbonyl (C=O) groups is 2. The van der Waals surface area contributed by atoms with Crippen LogP contribution in [0.3, 0.4) is 0 Å². The highest BCUT2D eigenvalue weighted by Crippen LogP contribution is 2.30. The highest BCUT2D eigenvalue weighted by Gasteiger charge is 2.25. The number of hydrogen-bond acceptors (Lipinski definition) is 2. The van der Waals surface area contributed by atoms with E-state index < -0.39 is 6.03 Å². The van der Waals surface area contributed by atoms with Gasteiger partial charge in [-0.1, -0.05) is 36.4 Å². The topological polar surface area (TPSA) is 61.4 Å². The Morgan fingerprint density at radius 1 is 1.03 bits per heavy atom. The second kappa shape index (κ2) is 8.37. The number of amides is 3. The van der Waals surface area contributed by atoms with Gasteiger partial charge in [0.1, 0.15) is 5.82 Å². The molecule has 0 saturated heterocycles. The van der Waals surface area contributed by atoms with Gasteiger partial charge in [-0.05, 0) is 60.4 Å². The average Bonchev–Trinajstić information content (AvgIpc) is 3.18. The molecule has 0 unspecified atom stereocenters. The maximum atomic E-state index is 13.6. The van der Waals surface area contributed by atoms with Crippen molar-refractivity contribution in [2.24, 2.45) is 0 Å². The summed E-state index contributed by atoms with van der Waals surface area (Å²) in [4.78, 5) is 26.8. The quantitative estimate of drug-likeness (QED) is 0.666. The Morgan fingerprint density at radius 3 is 2.60 bits per heavy atom. The van der Waals surface area contributed by atoms with Gasteiger partial charge in [-0.15, -0.1) is 0 Å². The monoisotopic (exact) mass is 403 g/mol. The van der Waals surface area contributed by atoms with E-state index in [4.69, 9.17) is 0 Å². The smallest absolute Gasteiger partial charge is 0.319 e. The number of nitrogens with one attached hydrogen (secondary N) is 2. The van der Waals surface area contributed by atoms with E-state index in [1.807, 2.05) is 48.5 Å². The molecule has 1 aliphatic rings. The normalized spacial score (nSPS) is 12.4. The Balaban J connectivity index is 1.42. The minimum Gasteiger partial charge on any atom is -0.334 e. The molecule has 6 heteroatoms. The summed E-state index contributed by atoms with van der Waals surface area (Å²) in [6.07, 6.45) is 0.807. The van der Waals surface area contributed by atoms with Gasteiger partial charge < -0.3 is 15.5 Å². The Hall–Kier alpha value is -3.67. The van der Waals surface area contributed by atoms with Gasteiger partial charge >= 0.3 is 6.03 Å². The van der Waals surface area contributed by atoms with Crippen LogP contribution < -0.4 is 15.5 Å². The van der Waals surface area contributed by atoms with Crippen LogP contribution in [0.25, 0.3) is 0 Å². The van der Waals surface area contributed by atoms with Crippen molar-refractivity contribution in [3.63, 3.8) is 0 Å². The van der Waals surface area contributed by atoms with Crippen LogP contribution in [0.4, 0.5) is 20.6 Å². The molecule has 1 heterocycles. The van der Waals surface area contributed by atoms with E-state index in [2.05, 4.69) is 10.6 Å². The first-order valence-electron chi connectivity index (χ1n) is 9.81. The average molecular weight is 403 g/mol. The molecule has 3 aromatic carbocycles. The molecule has 2 N–H and O–H groups in total. The van der Waals surface area contributed by atoms with Gasteiger partial charge in [0, 0.05) is 30.0 Å². The summed E-state index contributed by atoms with van der Waals surface area (Å²) in [7, 11) is 0. The summed E-state index contributed by atoms with van der Waals surface area (Å²) in [5.74, 6) is -0.395. The second-order valence-electron chi connectivity index (χ2n) is 7.31. The number of anilines is 2. The SMILES string of the molecule is Cc1ccc(NC(=O)NCc2ccc3c(c2)N(C(=O)c2ccccc2)CC3)cc1F. The molecule has 30 heavy (non-hydrogen) atoms. The first-order chi connectivity index (χ1) is 14.5. The maximum Gasteiger partial charge on any atom is 0.319 e. The third-order valence-electron chi connectivity index (χ3n) is 5.19. The minimum absolute atomic E-state index is 0.0291. The van der Waals surface area contributed by atoms with Gasteiger partial charge in [0.05, 0.1) is 0 Å². The van der Waals surface area contributed by atoms with Gasteiger partial charge in [0.15, 0.2) is 0 Å². The molecular formula is C24H22FN3O2. The predicted molar refractivity (Wildman–Crippen MR) is 115 cm³/mol. The van der Waals surface area contributed by atoms with Crippen molar-refractivity contribution in [2.75, 3.05) is 16.8 Å². The molecular weight excluding hydrogens is 381 g/mol. The zero-order chi connectivity index (χ0) is 21.1. The maximum absolute atomic E-state index is 13.6. The van der Waals surface area contributed by atoms with Crippen LogP contribution in [-0.4, -0.2) is 18.5 Å². The molecule has 0 spiro atoms. The van der Waals surface area contributed by atoms with E-state index in [-0.39, 0.29) is 11.7 Å². The molecule has 0 radical (unpaired) electrons. The van der Waals surface area contributed by atoms with Crippen LogP contribution in [0.5, 0.6) is 0 Å². The van der Waals surface area contributed by atoms with E-state index in [9.17, 15) is 14.0 Å². The second-order valence-corrected chi connectivity index (χ2v) is 7.31. The van der Waals surface area contributed by atoms with Crippen LogP contribution >= 0.6 is 0 Å². The van der Waals surface area contributed by atoms with Crippen molar-refractivity contribution in [1.82, 2.24) is 5.32 Å². The molecule has 5 nitrogen and oxygen atoms in total. The lowest BCUT2D eigenvalue weighted by molar-refractivity contribution is 0.0989. The number of rotatable bonds is 4. The van der Waals surface area contributed by atoms with Gasteiger partial charge in [-0.3, -0.25) is 4.79 Å². The van der Waals surface area contributed by atoms with E-state index in [1.54, 1.807) is 24.0 Å². The lowest BCUT2D eigenvalue weighted by Gasteiger charge is -2.18. The summed E-state index contributed by atoms with van der Waals surface area (Å²) in [6.45, 7) is 2.60. The number of halogens is 1. The first kappa shape index (κ1) is 19.6. The molecule has 1 aliphatic heterocycles. The highest BCUT2D eigenvalue weighted by molar-refractivity contribution is 6.07. The molecule has 0 saturated carbocycles. The van der Waals surface area contributed by atoms with Gasteiger partial charge in [0.2, 0.25) is 0 Å². The Morgan fingerprint density at radius 2 is 1.83 bits per heavy atom. The predicted octanol–water partition coefficient (Wildman–Crippen LogP) is 4.66. The van der Waals surface area contributed by atoms with Crippen molar-refractivity contribution in [3.05, 3.63) is 94.8 Å². The van der Waals surface area contributed by atoms with Crippen molar-refractivity contribution in [2.45, 2.75) is 19.9 Å². The fraction of sp³-hybridized carbons (Fsp3) is 0.167. The molecule has 0 fully saturated rings. The van der Waals surface area contributed by atoms with Crippen LogP contribution in [0, 0.1) is 12.7 Å². The van der Waals surface area contributed by atoms with E-state index >= 15 is 0 Å². The van der Waals surface area contributed by atoms with E-state index in [1.165, 1.54) is 6.07 Å². The zero-order valence-electron chi connectivity index (χ0n) is 16.6. The number of fused-ring (bicyclic) bond motifs is 1. The number of benzene rings is 3. The van der Waals surface area contributed by atoms with Gasteiger partial charge in [-0.25, -0.2) is 9.18 Å². The lowest BCUT2D eigenvalue weighted by atomic mass is 10.1. The Bertz CT molecular complexity index is 1100. The molecule has 0 atom stereocenters. The summed E-state index contributed by atoms with van der Waals surface area (Å²) < 4.78 is 13.6. The molecule has 3 amide bonds. The molecule has 152 valence electrons. The number of carbonyl (C=O) groups excluding carboxylic acids is 2. The largest absolute Gasteiger partial charge is 0.334 e. The van der Waals surface area contributed by atoms with Crippen LogP contribution in [0.1, 0.15) is 27.0 Å². The number of urea groups is 1. The number of hydrogen-bond donors (Lipinski definition) is 2. The Kier molecular flexibility index (Phi) is 5.48. The number of aryl methyl sites for hydroxylation is 1. The van der Waals surface area contributed by atoms with Crippen molar-refractivity contribution < 1.29 is 14.0 Å². The molecule has 4 rings (SSSR count). The van der Waals surface area contributed by atoms with E-state index in [0.717, 1.165) is 23.2 Å². The van der Waals surface area contributed by atoms with E-state index in [0.29, 0.717) is 29.9 Å². The standard InChI is InChI=1S/C24H22FN3O2/c1-16-7-10-20(14-21(16)25)27-24(30)26-15-17-8-9-18-11-12-28(22(18)13-17)23(29)19-5-3-2-4-6-19/h2-10,13-14H,11-12,15H2,1H3,(H2,26,27,30).